The minimum atomic E-state index is 0.134. The molecule has 0 fully saturated rings. The van der Waals surface area contributed by atoms with Crippen molar-refractivity contribution in [2.75, 3.05) is 0 Å². The van der Waals surface area contributed by atoms with Gasteiger partial charge in [0.2, 0.25) is 0 Å². The molecule has 0 aliphatic heterocycles. The Morgan fingerprint density at radius 2 is 1.78 bits per heavy atom. The molecule has 0 saturated carbocycles. The minimum Gasteiger partial charge on any atom is -0.118 e. The van der Waals surface area contributed by atoms with Crippen LogP contribution in [0.5, 0.6) is 0 Å². The van der Waals surface area contributed by atoms with Gasteiger partial charge >= 0.3 is 0 Å². The van der Waals surface area contributed by atoms with Gasteiger partial charge in [0.1, 0.15) is 0 Å². The van der Waals surface area contributed by atoms with Crippen molar-refractivity contribution in [3.63, 3.8) is 0 Å². The lowest BCUT2D eigenvalue weighted by atomic mass is 9.94. The molecule has 0 amide bonds. The van der Waals surface area contributed by atoms with E-state index in [0.717, 1.165) is 6.42 Å². The van der Waals surface area contributed by atoms with E-state index in [2.05, 4.69) is 44.2 Å². The van der Waals surface area contributed by atoms with Crippen LogP contribution in [0.2, 0.25) is 0 Å². The van der Waals surface area contributed by atoms with Crippen LogP contribution >= 0.6 is 11.6 Å². The van der Waals surface area contributed by atoms with E-state index in [1.807, 2.05) is 0 Å². The largest absolute Gasteiger partial charge is 0.118 e. The van der Waals surface area contributed by atoms with Crippen LogP contribution in [-0.2, 0) is 12.8 Å². The molecule has 0 radical (unpaired) electrons. The summed E-state index contributed by atoms with van der Waals surface area (Å²) >= 11 is 6.61. The van der Waals surface area contributed by atoms with Gasteiger partial charge in [-0.3, -0.25) is 0 Å². The predicted molar refractivity (Wildman–Crippen MR) is 79.4 cm³/mol. The fourth-order valence-electron chi connectivity index (χ4n) is 3.08. The van der Waals surface area contributed by atoms with Crippen molar-refractivity contribution in [2.24, 2.45) is 5.92 Å². The van der Waals surface area contributed by atoms with Gasteiger partial charge in [-0.15, -0.1) is 11.6 Å². The normalized spacial score (nSPS) is 15.6. The minimum absolute atomic E-state index is 0.134. The summed E-state index contributed by atoms with van der Waals surface area (Å²) in [6, 6.07) is 11.2. The monoisotopic (exact) mass is 258 g/mol. The van der Waals surface area contributed by atoms with Gasteiger partial charge in [-0.05, 0) is 52.6 Å². The van der Waals surface area contributed by atoms with Gasteiger partial charge in [-0.25, -0.2) is 0 Å². The zero-order valence-corrected chi connectivity index (χ0v) is 11.8. The van der Waals surface area contributed by atoms with E-state index in [0.29, 0.717) is 5.92 Å². The van der Waals surface area contributed by atoms with E-state index in [9.17, 15) is 0 Å². The fourth-order valence-corrected chi connectivity index (χ4v) is 3.63. The van der Waals surface area contributed by atoms with Crippen molar-refractivity contribution in [2.45, 2.75) is 38.5 Å². The topological polar surface area (TPSA) is 0 Å². The van der Waals surface area contributed by atoms with Gasteiger partial charge in [0, 0.05) is 0 Å². The molecule has 94 valence electrons. The molecular weight excluding hydrogens is 240 g/mol. The molecule has 1 aliphatic carbocycles. The molecule has 0 N–H and O–H groups in total. The highest BCUT2D eigenvalue weighted by Gasteiger charge is 2.19. The Bertz CT molecular complexity index is 573. The summed E-state index contributed by atoms with van der Waals surface area (Å²) in [5, 5.41) is 2.99. The summed E-state index contributed by atoms with van der Waals surface area (Å²) in [5.41, 5.74) is 4.31. The van der Waals surface area contributed by atoms with Crippen molar-refractivity contribution in [1.29, 1.82) is 0 Å². The van der Waals surface area contributed by atoms with Crippen LogP contribution in [0.4, 0.5) is 0 Å². The highest BCUT2D eigenvalue weighted by Crippen LogP contribution is 2.38. The lowest BCUT2D eigenvalue weighted by Gasteiger charge is -2.16. The van der Waals surface area contributed by atoms with E-state index in [1.165, 1.54) is 40.3 Å². The van der Waals surface area contributed by atoms with E-state index in [1.54, 1.807) is 0 Å². The smallest absolute Gasteiger partial charge is 0.0593 e. The second-order valence-corrected chi connectivity index (χ2v) is 6.28. The highest BCUT2D eigenvalue weighted by atomic mass is 35.5. The molecule has 2 aromatic rings. The number of halogens is 1. The molecule has 0 heterocycles. The third-order valence-corrected chi connectivity index (χ3v) is 4.34. The third kappa shape index (κ3) is 1.93. The number of alkyl halides is 1. The van der Waals surface area contributed by atoms with Crippen molar-refractivity contribution < 1.29 is 0 Å². The van der Waals surface area contributed by atoms with E-state index < -0.39 is 0 Å². The van der Waals surface area contributed by atoms with Gasteiger partial charge in [-0.2, -0.15) is 0 Å². The zero-order chi connectivity index (χ0) is 12.7. The Kier molecular flexibility index (Phi) is 3.07. The Labute approximate surface area is 114 Å². The van der Waals surface area contributed by atoms with Crippen molar-refractivity contribution in [3.8, 4) is 0 Å². The molecule has 2 aromatic carbocycles. The Morgan fingerprint density at radius 1 is 1.06 bits per heavy atom. The Morgan fingerprint density at radius 3 is 2.50 bits per heavy atom. The molecule has 0 saturated heterocycles. The molecule has 0 spiro atoms. The maximum absolute atomic E-state index is 6.61. The molecule has 1 unspecified atom stereocenters. The molecule has 0 nitrogen and oxygen atoms in total. The van der Waals surface area contributed by atoms with Gasteiger partial charge in [0.05, 0.1) is 5.38 Å². The summed E-state index contributed by atoms with van der Waals surface area (Å²) in [6.45, 7) is 4.46. The number of benzene rings is 2. The van der Waals surface area contributed by atoms with Crippen LogP contribution < -0.4 is 0 Å². The second kappa shape index (κ2) is 4.59. The first kappa shape index (κ1) is 12.0. The second-order valence-electron chi connectivity index (χ2n) is 5.75. The average molecular weight is 259 g/mol. The molecule has 0 bridgehead atoms. The maximum Gasteiger partial charge on any atom is 0.0593 e. The van der Waals surface area contributed by atoms with Crippen molar-refractivity contribution in [3.05, 3.63) is 47.0 Å². The standard InChI is InChI=1S/C17H19Cl/c1-11(2)10-16(18)14-9-8-13-7-6-12-4-3-5-15(14)17(12)13/h3-5,8-9,11,16H,6-7,10H2,1-2H3. The average Bonchev–Trinajstić information content (AvgIpc) is 2.74. The molecular formula is C17H19Cl. The Hall–Kier alpha value is -1.01. The quantitative estimate of drug-likeness (QED) is 0.659. The van der Waals surface area contributed by atoms with Crippen molar-refractivity contribution >= 4 is 22.4 Å². The van der Waals surface area contributed by atoms with Gasteiger partial charge in [0.25, 0.3) is 0 Å². The van der Waals surface area contributed by atoms with Gasteiger partial charge < -0.3 is 0 Å². The molecule has 0 aromatic heterocycles. The number of hydrogen-bond donors (Lipinski definition) is 0. The lowest BCUT2D eigenvalue weighted by Crippen LogP contribution is -1.98. The first-order valence-corrected chi connectivity index (χ1v) is 7.28. The van der Waals surface area contributed by atoms with Crippen LogP contribution in [0.15, 0.2) is 30.3 Å². The maximum atomic E-state index is 6.61. The zero-order valence-electron chi connectivity index (χ0n) is 11.0. The third-order valence-electron chi connectivity index (χ3n) is 3.93. The molecule has 1 atom stereocenters. The molecule has 1 heteroatoms. The fraction of sp³-hybridized carbons (Fsp3) is 0.412. The summed E-state index contributed by atoms with van der Waals surface area (Å²) in [4.78, 5) is 0. The first-order chi connectivity index (χ1) is 8.66. The summed E-state index contributed by atoms with van der Waals surface area (Å²) < 4.78 is 0. The first-order valence-electron chi connectivity index (χ1n) is 6.84. The SMILES string of the molecule is CC(C)CC(Cl)c1ccc2c3c(cccc13)CC2. The van der Waals surface area contributed by atoms with Crippen LogP contribution in [0.3, 0.4) is 0 Å². The number of rotatable bonds is 3. The molecule has 18 heavy (non-hydrogen) atoms. The van der Waals surface area contributed by atoms with Crippen LogP contribution in [0.25, 0.3) is 10.8 Å². The van der Waals surface area contributed by atoms with Crippen molar-refractivity contribution in [1.82, 2.24) is 0 Å². The van der Waals surface area contributed by atoms with E-state index >= 15 is 0 Å². The summed E-state index contributed by atoms with van der Waals surface area (Å²) in [5.74, 6) is 0.635. The van der Waals surface area contributed by atoms with Gasteiger partial charge in [-0.1, -0.05) is 44.2 Å². The van der Waals surface area contributed by atoms with Gasteiger partial charge in [0.15, 0.2) is 0 Å². The summed E-state index contributed by atoms with van der Waals surface area (Å²) in [6.07, 6.45) is 3.42. The molecule has 3 rings (SSSR count). The van der Waals surface area contributed by atoms with E-state index in [4.69, 9.17) is 11.6 Å². The molecule has 1 aliphatic rings. The predicted octanol–water partition coefficient (Wildman–Crippen LogP) is 5.26. The van der Waals surface area contributed by atoms with Crippen LogP contribution in [0.1, 0.15) is 42.3 Å². The van der Waals surface area contributed by atoms with E-state index in [-0.39, 0.29) is 5.38 Å². The highest BCUT2D eigenvalue weighted by molar-refractivity contribution is 6.22. The number of aryl methyl sites for hydroxylation is 2. The van der Waals surface area contributed by atoms with Crippen LogP contribution in [-0.4, -0.2) is 0 Å². The number of hydrogen-bond acceptors (Lipinski definition) is 0. The van der Waals surface area contributed by atoms with Crippen LogP contribution in [0, 0.1) is 5.92 Å². The summed E-state index contributed by atoms with van der Waals surface area (Å²) in [7, 11) is 0. The lowest BCUT2D eigenvalue weighted by molar-refractivity contribution is 0.576. The Balaban J connectivity index is 2.14.